The molecule has 1 aromatic heterocycles. The van der Waals surface area contributed by atoms with E-state index in [-0.39, 0.29) is 12.5 Å². The van der Waals surface area contributed by atoms with Crippen LogP contribution >= 0.6 is 0 Å². The van der Waals surface area contributed by atoms with Crippen LogP contribution in [-0.2, 0) is 16.0 Å². The second-order valence-electron chi connectivity index (χ2n) is 7.73. The molecule has 1 aliphatic carbocycles. The van der Waals surface area contributed by atoms with Crippen LogP contribution in [0.5, 0.6) is 0 Å². The topological polar surface area (TPSA) is 76.6 Å². The highest BCUT2D eigenvalue weighted by atomic mass is 16.5. The molecule has 2 heterocycles. The highest BCUT2D eigenvalue weighted by Crippen LogP contribution is 2.44. The summed E-state index contributed by atoms with van der Waals surface area (Å²) in [5.41, 5.74) is 5.30. The summed E-state index contributed by atoms with van der Waals surface area (Å²) in [5.74, 6) is 0.755. The fourth-order valence-electron chi connectivity index (χ4n) is 4.21. The van der Waals surface area contributed by atoms with Gasteiger partial charge in [-0.05, 0) is 22.3 Å². The maximum absolute atomic E-state index is 12.4. The Morgan fingerprint density at radius 3 is 2.26 bits per heavy atom. The number of benzene rings is 2. The summed E-state index contributed by atoms with van der Waals surface area (Å²) in [5, 5.41) is 2.72. The molecule has 2 aliphatic rings. The third-order valence-electron chi connectivity index (χ3n) is 5.76. The van der Waals surface area contributed by atoms with Crippen LogP contribution in [0.25, 0.3) is 11.1 Å². The van der Waals surface area contributed by atoms with Gasteiger partial charge in [-0.25, -0.2) is 14.8 Å². The second-order valence-corrected chi connectivity index (χ2v) is 7.73. The van der Waals surface area contributed by atoms with Gasteiger partial charge in [0.15, 0.2) is 0 Å². The SMILES string of the molecule is O=C(Nc1cnc(CN2CCOCC2)nc1)OCC1c2ccccc2-c2ccccc21. The summed E-state index contributed by atoms with van der Waals surface area (Å²) in [7, 11) is 0. The Hall–Kier alpha value is -3.29. The predicted octanol–water partition coefficient (Wildman–Crippen LogP) is 3.67. The van der Waals surface area contributed by atoms with Gasteiger partial charge in [0.1, 0.15) is 12.4 Å². The molecule has 1 fully saturated rings. The van der Waals surface area contributed by atoms with Crippen LogP contribution in [0.15, 0.2) is 60.9 Å². The van der Waals surface area contributed by atoms with Crippen molar-refractivity contribution < 1.29 is 14.3 Å². The maximum atomic E-state index is 12.4. The van der Waals surface area contributed by atoms with Crippen LogP contribution in [0.4, 0.5) is 10.5 Å². The Labute approximate surface area is 181 Å². The fourth-order valence-corrected chi connectivity index (χ4v) is 4.21. The van der Waals surface area contributed by atoms with Gasteiger partial charge in [0, 0.05) is 19.0 Å². The molecule has 0 spiro atoms. The summed E-state index contributed by atoms with van der Waals surface area (Å²) in [6.07, 6.45) is 2.72. The van der Waals surface area contributed by atoms with Crippen LogP contribution in [0.1, 0.15) is 22.9 Å². The number of amides is 1. The Kier molecular flexibility index (Phi) is 5.60. The van der Waals surface area contributed by atoms with Crippen molar-refractivity contribution >= 4 is 11.8 Å². The van der Waals surface area contributed by atoms with E-state index in [1.165, 1.54) is 22.3 Å². The van der Waals surface area contributed by atoms with E-state index in [0.717, 1.165) is 32.1 Å². The summed E-state index contributed by atoms with van der Waals surface area (Å²) in [6.45, 7) is 4.18. The molecule has 7 nitrogen and oxygen atoms in total. The molecule has 7 heteroatoms. The zero-order valence-electron chi connectivity index (χ0n) is 17.2. The van der Waals surface area contributed by atoms with Crippen molar-refractivity contribution in [3.63, 3.8) is 0 Å². The number of carbonyl (C=O) groups excluding carboxylic acids is 1. The number of hydrogen-bond donors (Lipinski definition) is 1. The van der Waals surface area contributed by atoms with Crippen molar-refractivity contribution in [3.8, 4) is 11.1 Å². The summed E-state index contributed by atoms with van der Waals surface area (Å²) in [6, 6.07) is 16.5. The number of rotatable bonds is 5. The molecule has 5 rings (SSSR count). The van der Waals surface area contributed by atoms with E-state index in [0.29, 0.717) is 12.2 Å². The third kappa shape index (κ3) is 4.28. The van der Waals surface area contributed by atoms with Gasteiger partial charge in [-0.1, -0.05) is 48.5 Å². The average Bonchev–Trinajstić information content (AvgIpc) is 3.13. The fraction of sp³-hybridized carbons (Fsp3) is 0.292. The molecule has 0 unspecified atom stereocenters. The van der Waals surface area contributed by atoms with Gasteiger partial charge in [0.2, 0.25) is 0 Å². The van der Waals surface area contributed by atoms with Crippen molar-refractivity contribution in [1.82, 2.24) is 14.9 Å². The Balaban J connectivity index is 1.19. The van der Waals surface area contributed by atoms with E-state index in [4.69, 9.17) is 9.47 Å². The minimum absolute atomic E-state index is 0.0327. The van der Waals surface area contributed by atoms with Crippen LogP contribution in [0, 0.1) is 0 Å². The number of carbonyl (C=O) groups is 1. The first-order valence-electron chi connectivity index (χ1n) is 10.5. The molecule has 1 aliphatic heterocycles. The van der Waals surface area contributed by atoms with Gasteiger partial charge < -0.3 is 9.47 Å². The van der Waals surface area contributed by atoms with Crippen LogP contribution in [-0.4, -0.2) is 53.9 Å². The molecule has 1 amide bonds. The van der Waals surface area contributed by atoms with Gasteiger partial charge in [-0.3, -0.25) is 10.2 Å². The molecule has 2 aromatic carbocycles. The van der Waals surface area contributed by atoms with Crippen molar-refractivity contribution in [3.05, 3.63) is 77.9 Å². The predicted molar refractivity (Wildman–Crippen MR) is 117 cm³/mol. The van der Waals surface area contributed by atoms with Gasteiger partial charge in [0.25, 0.3) is 0 Å². The van der Waals surface area contributed by atoms with E-state index < -0.39 is 6.09 Å². The number of nitrogens with one attached hydrogen (secondary N) is 1. The van der Waals surface area contributed by atoms with E-state index in [1.54, 1.807) is 12.4 Å². The Bertz CT molecular complexity index is 1020. The first-order chi connectivity index (χ1) is 15.3. The lowest BCUT2D eigenvalue weighted by Gasteiger charge is -2.25. The van der Waals surface area contributed by atoms with Crippen molar-refractivity contribution in [2.75, 3.05) is 38.2 Å². The molecule has 0 saturated carbocycles. The number of nitrogens with zero attached hydrogens (tertiary/aromatic N) is 3. The Morgan fingerprint density at radius 1 is 1.00 bits per heavy atom. The zero-order chi connectivity index (χ0) is 21.0. The molecule has 158 valence electrons. The average molecular weight is 416 g/mol. The lowest BCUT2D eigenvalue weighted by molar-refractivity contribution is 0.0330. The normalized spacial score (nSPS) is 15.9. The largest absolute Gasteiger partial charge is 0.448 e. The number of hydrogen-bond acceptors (Lipinski definition) is 6. The van der Waals surface area contributed by atoms with Crippen LogP contribution < -0.4 is 5.32 Å². The summed E-state index contributed by atoms with van der Waals surface area (Å²) >= 11 is 0. The Morgan fingerprint density at radius 2 is 1.61 bits per heavy atom. The van der Waals surface area contributed by atoms with E-state index in [2.05, 4.69) is 44.5 Å². The van der Waals surface area contributed by atoms with Crippen LogP contribution in [0.3, 0.4) is 0 Å². The molecule has 0 radical (unpaired) electrons. The molecule has 0 atom stereocenters. The maximum Gasteiger partial charge on any atom is 0.411 e. The molecular formula is C24H24N4O3. The lowest BCUT2D eigenvalue weighted by Crippen LogP contribution is -2.36. The number of aromatic nitrogens is 2. The highest BCUT2D eigenvalue weighted by Gasteiger charge is 2.29. The number of morpholine rings is 1. The lowest BCUT2D eigenvalue weighted by atomic mass is 9.98. The molecule has 0 bridgehead atoms. The first-order valence-corrected chi connectivity index (χ1v) is 10.5. The number of anilines is 1. The minimum Gasteiger partial charge on any atom is -0.448 e. The van der Waals surface area contributed by atoms with Crippen molar-refractivity contribution in [2.45, 2.75) is 12.5 Å². The van der Waals surface area contributed by atoms with E-state index in [9.17, 15) is 4.79 Å². The van der Waals surface area contributed by atoms with Gasteiger partial charge in [-0.2, -0.15) is 0 Å². The number of ether oxygens (including phenoxy) is 2. The summed E-state index contributed by atoms with van der Waals surface area (Å²) < 4.78 is 10.9. The quantitative estimate of drug-likeness (QED) is 0.684. The zero-order valence-corrected chi connectivity index (χ0v) is 17.2. The highest BCUT2D eigenvalue weighted by molar-refractivity contribution is 5.84. The van der Waals surface area contributed by atoms with Crippen LogP contribution in [0.2, 0.25) is 0 Å². The van der Waals surface area contributed by atoms with Crippen molar-refractivity contribution in [1.29, 1.82) is 0 Å². The minimum atomic E-state index is -0.508. The van der Waals surface area contributed by atoms with E-state index in [1.807, 2.05) is 24.3 Å². The van der Waals surface area contributed by atoms with Gasteiger partial charge in [-0.15, -0.1) is 0 Å². The third-order valence-corrected chi connectivity index (χ3v) is 5.76. The summed E-state index contributed by atoms with van der Waals surface area (Å²) in [4.78, 5) is 23.3. The molecule has 1 N–H and O–H groups in total. The smallest absolute Gasteiger partial charge is 0.411 e. The van der Waals surface area contributed by atoms with Crippen molar-refractivity contribution in [2.24, 2.45) is 0 Å². The molecule has 1 saturated heterocycles. The number of fused-ring (bicyclic) bond motifs is 3. The molecular weight excluding hydrogens is 392 g/mol. The van der Waals surface area contributed by atoms with E-state index >= 15 is 0 Å². The monoisotopic (exact) mass is 416 g/mol. The first kappa shape index (κ1) is 19.7. The van der Waals surface area contributed by atoms with Gasteiger partial charge in [0.05, 0.1) is 37.8 Å². The van der Waals surface area contributed by atoms with Gasteiger partial charge >= 0.3 is 6.09 Å². The standard InChI is InChI=1S/C24H24N4O3/c29-24(27-17-13-25-23(26-14-17)15-28-9-11-30-12-10-28)31-16-22-20-7-3-1-5-18(20)19-6-2-4-8-21(19)22/h1-8,13-14,22H,9-12,15-16H2,(H,27,29). The molecule has 31 heavy (non-hydrogen) atoms. The molecule has 3 aromatic rings. The second kappa shape index (κ2) is 8.83.